The minimum Gasteiger partial charge on any atom is -0.328 e. The van der Waals surface area contributed by atoms with E-state index in [1.54, 1.807) is 17.4 Å². The molecule has 3 aromatic rings. The average molecular weight is 279 g/mol. The summed E-state index contributed by atoms with van der Waals surface area (Å²) in [7, 11) is 0. The van der Waals surface area contributed by atoms with Crippen LogP contribution in [0.15, 0.2) is 29.1 Å². The molecular formula is C12H10FN3S2. The normalized spacial score (nSPS) is 11.2. The molecule has 0 atom stereocenters. The Bertz CT molecular complexity index is 727. The maximum atomic E-state index is 13.6. The molecule has 92 valence electrons. The van der Waals surface area contributed by atoms with Crippen LogP contribution in [0.4, 0.5) is 4.39 Å². The van der Waals surface area contributed by atoms with Gasteiger partial charge < -0.3 is 9.55 Å². The second kappa shape index (κ2) is 4.62. The zero-order valence-corrected chi connectivity index (χ0v) is 11.0. The van der Waals surface area contributed by atoms with Gasteiger partial charge in [0.05, 0.1) is 16.7 Å². The molecule has 0 amide bonds. The van der Waals surface area contributed by atoms with Crippen molar-refractivity contribution in [1.82, 2.24) is 14.5 Å². The molecule has 1 N–H and O–H groups in total. The lowest BCUT2D eigenvalue weighted by molar-refractivity contribution is 0.637. The van der Waals surface area contributed by atoms with Crippen LogP contribution in [-0.2, 0) is 13.0 Å². The fourth-order valence-electron chi connectivity index (χ4n) is 1.95. The van der Waals surface area contributed by atoms with E-state index in [9.17, 15) is 4.39 Å². The molecule has 0 saturated heterocycles. The third-order valence-electron chi connectivity index (χ3n) is 2.83. The Morgan fingerprint density at radius 3 is 3.11 bits per heavy atom. The zero-order chi connectivity index (χ0) is 12.5. The largest absolute Gasteiger partial charge is 0.328 e. The number of imidazole rings is 1. The van der Waals surface area contributed by atoms with E-state index < -0.39 is 0 Å². The molecule has 0 spiro atoms. The van der Waals surface area contributed by atoms with Crippen LogP contribution >= 0.6 is 23.6 Å². The highest BCUT2D eigenvalue weighted by Crippen LogP contribution is 2.17. The van der Waals surface area contributed by atoms with E-state index in [1.807, 2.05) is 21.5 Å². The molecule has 6 heteroatoms. The summed E-state index contributed by atoms with van der Waals surface area (Å²) in [5.41, 5.74) is 4.12. The summed E-state index contributed by atoms with van der Waals surface area (Å²) >= 11 is 6.80. The minimum atomic E-state index is -0.272. The minimum absolute atomic E-state index is 0.272. The number of nitrogens with one attached hydrogen (secondary N) is 1. The van der Waals surface area contributed by atoms with E-state index in [-0.39, 0.29) is 5.82 Å². The molecular weight excluding hydrogens is 269 g/mol. The Morgan fingerprint density at radius 1 is 1.44 bits per heavy atom. The van der Waals surface area contributed by atoms with Crippen molar-refractivity contribution in [3.63, 3.8) is 0 Å². The van der Waals surface area contributed by atoms with Gasteiger partial charge in [-0.05, 0) is 24.4 Å². The first kappa shape index (κ1) is 11.6. The first-order valence-corrected chi connectivity index (χ1v) is 6.85. The Hall–Kier alpha value is -1.53. The van der Waals surface area contributed by atoms with Crippen molar-refractivity contribution < 1.29 is 4.39 Å². The average Bonchev–Trinajstić information content (AvgIpc) is 2.95. The van der Waals surface area contributed by atoms with Crippen molar-refractivity contribution in [3.05, 3.63) is 45.4 Å². The lowest BCUT2D eigenvalue weighted by Gasteiger charge is -2.02. The van der Waals surface area contributed by atoms with E-state index in [2.05, 4.69) is 9.97 Å². The predicted molar refractivity (Wildman–Crippen MR) is 72.9 cm³/mol. The van der Waals surface area contributed by atoms with Crippen molar-refractivity contribution in [3.8, 4) is 0 Å². The summed E-state index contributed by atoms with van der Waals surface area (Å²) in [6, 6.07) is 4.99. The Kier molecular flexibility index (Phi) is 2.97. The molecule has 2 heterocycles. The summed E-state index contributed by atoms with van der Waals surface area (Å²) in [5, 5.41) is 2.01. The van der Waals surface area contributed by atoms with E-state index >= 15 is 0 Å². The summed E-state index contributed by atoms with van der Waals surface area (Å²) in [4.78, 5) is 7.14. The second-order valence-electron chi connectivity index (χ2n) is 3.95. The van der Waals surface area contributed by atoms with E-state index in [0.29, 0.717) is 16.8 Å². The number of aromatic nitrogens is 3. The quantitative estimate of drug-likeness (QED) is 0.744. The highest BCUT2D eigenvalue weighted by molar-refractivity contribution is 7.71. The molecule has 2 aromatic heterocycles. The third-order valence-corrected chi connectivity index (χ3v) is 3.79. The molecule has 0 fully saturated rings. The van der Waals surface area contributed by atoms with Gasteiger partial charge in [0.25, 0.3) is 0 Å². The van der Waals surface area contributed by atoms with Gasteiger partial charge in [-0.3, -0.25) is 0 Å². The van der Waals surface area contributed by atoms with Gasteiger partial charge in [-0.15, -0.1) is 11.3 Å². The Labute approximate surface area is 112 Å². The number of hydrogen-bond donors (Lipinski definition) is 1. The van der Waals surface area contributed by atoms with Crippen LogP contribution in [-0.4, -0.2) is 14.5 Å². The van der Waals surface area contributed by atoms with Gasteiger partial charge in [0.15, 0.2) is 4.77 Å². The molecule has 0 aliphatic heterocycles. The number of rotatable bonds is 3. The van der Waals surface area contributed by atoms with Crippen molar-refractivity contribution in [2.24, 2.45) is 0 Å². The maximum absolute atomic E-state index is 13.6. The molecule has 0 bridgehead atoms. The fourth-order valence-corrected chi connectivity index (χ4v) is 2.84. The van der Waals surface area contributed by atoms with Crippen molar-refractivity contribution >= 4 is 34.6 Å². The highest BCUT2D eigenvalue weighted by atomic mass is 32.1. The van der Waals surface area contributed by atoms with Gasteiger partial charge in [0.2, 0.25) is 0 Å². The molecule has 0 unspecified atom stereocenters. The summed E-state index contributed by atoms with van der Waals surface area (Å²) in [6.45, 7) is 0.700. The SMILES string of the molecule is Fc1cccc2c1[nH]c(=S)n2CCc1cscn1. The number of H-pyrrole nitrogens is 1. The molecule has 0 radical (unpaired) electrons. The van der Waals surface area contributed by atoms with Gasteiger partial charge in [-0.1, -0.05) is 6.07 Å². The molecule has 0 aliphatic rings. The molecule has 3 nitrogen and oxygen atoms in total. The number of halogens is 1. The molecule has 3 rings (SSSR count). The molecule has 1 aromatic carbocycles. The fraction of sp³-hybridized carbons (Fsp3) is 0.167. The smallest absolute Gasteiger partial charge is 0.178 e. The highest BCUT2D eigenvalue weighted by Gasteiger charge is 2.08. The van der Waals surface area contributed by atoms with E-state index in [1.165, 1.54) is 6.07 Å². The van der Waals surface area contributed by atoms with Crippen LogP contribution in [0.1, 0.15) is 5.69 Å². The first-order valence-electron chi connectivity index (χ1n) is 5.50. The number of benzene rings is 1. The predicted octanol–water partition coefficient (Wildman–Crippen LogP) is 3.54. The van der Waals surface area contributed by atoms with Gasteiger partial charge in [0, 0.05) is 18.3 Å². The third kappa shape index (κ3) is 1.97. The molecule has 18 heavy (non-hydrogen) atoms. The van der Waals surface area contributed by atoms with Crippen molar-refractivity contribution in [2.45, 2.75) is 13.0 Å². The van der Waals surface area contributed by atoms with E-state index in [4.69, 9.17) is 12.2 Å². The van der Waals surface area contributed by atoms with Crippen molar-refractivity contribution in [1.29, 1.82) is 0 Å². The van der Waals surface area contributed by atoms with Crippen molar-refractivity contribution in [2.75, 3.05) is 0 Å². The Balaban J connectivity index is 1.99. The monoisotopic (exact) mass is 279 g/mol. The van der Waals surface area contributed by atoms with Crippen LogP contribution in [0.2, 0.25) is 0 Å². The first-order chi connectivity index (χ1) is 8.75. The number of fused-ring (bicyclic) bond motifs is 1. The van der Waals surface area contributed by atoms with Gasteiger partial charge >= 0.3 is 0 Å². The lowest BCUT2D eigenvalue weighted by atomic mass is 10.3. The number of aromatic amines is 1. The van der Waals surface area contributed by atoms with E-state index in [0.717, 1.165) is 17.6 Å². The number of aryl methyl sites for hydroxylation is 2. The van der Waals surface area contributed by atoms with Crippen LogP contribution in [0.3, 0.4) is 0 Å². The Morgan fingerprint density at radius 2 is 2.33 bits per heavy atom. The summed E-state index contributed by atoms with van der Waals surface area (Å²) < 4.78 is 16.0. The number of para-hydroxylation sites is 1. The topological polar surface area (TPSA) is 33.6 Å². The van der Waals surface area contributed by atoms with Crippen LogP contribution in [0.25, 0.3) is 11.0 Å². The van der Waals surface area contributed by atoms with Gasteiger partial charge in [-0.2, -0.15) is 0 Å². The van der Waals surface area contributed by atoms with Crippen LogP contribution in [0.5, 0.6) is 0 Å². The molecule has 0 saturated carbocycles. The summed E-state index contributed by atoms with van der Waals surface area (Å²) in [5.74, 6) is -0.272. The number of hydrogen-bond acceptors (Lipinski definition) is 3. The van der Waals surface area contributed by atoms with Gasteiger partial charge in [-0.25, -0.2) is 9.37 Å². The zero-order valence-electron chi connectivity index (χ0n) is 9.39. The number of thiazole rings is 1. The molecule has 0 aliphatic carbocycles. The second-order valence-corrected chi connectivity index (χ2v) is 5.05. The lowest BCUT2D eigenvalue weighted by Crippen LogP contribution is -2.01. The maximum Gasteiger partial charge on any atom is 0.178 e. The van der Waals surface area contributed by atoms with Crippen LogP contribution in [0, 0.1) is 10.6 Å². The van der Waals surface area contributed by atoms with Gasteiger partial charge in [0.1, 0.15) is 11.3 Å². The van der Waals surface area contributed by atoms with Crippen LogP contribution < -0.4 is 0 Å². The standard InChI is InChI=1S/C12H10FN3S2/c13-9-2-1-3-10-11(9)15-12(17)16(10)5-4-8-6-18-7-14-8/h1-3,6-7H,4-5H2,(H,15,17). The number of nitrogens with zero attached hydrogens (tertiary/aromatic N) is 2. The summed E-state index contributed by atoms with van der Waals surface area (Å²) in [6.07, 6.45) is 0.793.